The van der Waals surface area contributed by atoms with Gasteiger partial charge in [-0.25, -0.2) is 4.79 Å². The number of carboxylic acids is 1. The Kier molecular flexibility index (Phi) is 4.62. The molecule has 1 aromatic heterocycles. The Labute approximate surface area is 113 Å². The van der Waals surface area contributed by atoms with E-state index in [4.69, 9.17) is 21.4 Å². The minimum Gasteiger partial charge on any atom is -0.492 e. The van der Waals surface area contributed by atoms with Crippen LogP contribution < -0.4 is 4.74 Å². The van der Waals surface area contributed by atoms with Gasteiger partial charge in [0.25, 0.3) is 0 Å². The van der Waals surface area contributed by atoms with Gasteiger partial charge in [-0.2, -0.15) is 0 Å². The van der Waals surface area contributed by atoms with Crippen molar-refractivity contribution in [2.24, 2.45) is 0 Å². The lowest BCUT2D eigenvalue weighted by Crippen LogP contribution is -1.97. The summed E-state index contributed by atoms with van der Waals surface area (Å²) in [6, 6.07) is 3.26. The van der Waals surface area contributed by atoms with Crippen LogP contribution in [-0.2, 0) is 0 Å². The number of aromatic carboxylic acids is 1. The Balaban J connectivity index is 0.00000144. The number of hydrogen-bond acceptors (Lipinski definition) is 3. The van der Waals surface area contributed by atoms with Crippen LogP contribution in [-0.4, -0.2) is 17.7 Å². The van der Waals surface area contributed by atoms with Crippen LogP contribution in [0, 0.1) is 0 Å². The summed E-state index contributed by atoms with van der Waals surface area (Å²) in [7, 11) is 0. The highest BCUT2D eigenvalue weighted by molar-refractivity contribution is 7.17. The molecule has 0 saturated carbocycles. The van der Waals surface area contributed by atoms with Crippen molar-refractivity contribution in [2.75, 3.05) is 6.61 Å². The summed E-state index contributed by atoms with van der Waals surface area (Å²) in [5.41, 5.74) is 0.105. The average Bonchev–Trinajstić information content (AvgIpc) is 2.63. The molecule has 0 fully saturated rings. The van der Waals surface area contributed by atoms with Crippen LogP contribution in [0.15, 0.2) is 17.5 Å². The van der Waals surface area contributed by atoms with Gasteiger partial charge in [0.1, 0.15) is 5.75 Å². The maximum Gasteiger partial charge on any atom is 0.337 e. The van der Waals surface area contributed by atoms with Gasteiger partial charge in [-0.15, -0.1) is 23.7 Å². The summed E-state index contributed by atoms with van der Waals surface area (Å²) >= 11 is 7.55. The molecule has 1 aromatic carbocycles. The molecule has 3 nitrogen and oxygen atoms in total. The molecule has 2 aromatic rings. The van der Waals surface area contributed by atoms with Crippen LogP contribution in [0.2, 0.25) is 5.02 Å². The third kappa shape index (κ3) is 2.49. The maximum atomic E-state index is 10.9. The van der Waals surface area contributed by atoms with E-state index in [1.807, 2.05) is 12.3 Å². The molecule has 0 aliphatic rings. The zero-order valence-corrected chi connectivity index (χ0v) is 11.3. The molecule has 6 heteroatoms. The number of fused-ring (bicyclic) bond motifs is 1. The van der Waals surface area contributed by atoms with E-state index in [2.05, 4.69) is 0 Å². The highest BCUT2D eigenvalue weighted by Crippen LogP contribution is 2.39. The SMILES string of the molecule is CCOc1csc2ccc(C(=O)O)c(Cl)c12.Cl. The Morgan fingerprint density at radius 1 is 1.53 bits per heavy atom. The van der Waals surface area contributed by atoms with Gasteiger partial charge in [-0.05, 0) is 19.1 Å². The van der Waals surface area contributed by atoms with Crippen molar-refractivity contribution in [1.82, 2.24) is 0 Å². The Hall–Kier alpha value is -0.970. The number of benzene rings is 1. The zero-order chi connectivity index (χ0) is 11.7. The van der Waals surface area contributed by atoms with Gasteiger partial charge in [-0.3, -0.25) is 0 Å². The molecular formula is C11H10Cl2O3S. The third-order valence-corrected chi connectivity index (χ3v) is 3.49. The summed E-state index contributed by atoms with van der Waals surface area (Å²) in [5.74, 6) is -0.379. The lowest BCUT2D eigenvalue weighted by molar-refractivity contribution is 0.0697. The molecule has 0 radical (unpaired) electrons. The predicted octanol–water partition coefficient (Wildman–Crippen LogP) is 4.07. The molecule has 0 aliphatic heterocycles. The fourth-order valence-corrected chi connectivity index (χ4v) is 2.77. The fraction of sp³-hybridized carbons (Fsp3) is 0.182. The molecular weight excluding hydrogens is 283 g/mol. The molecule has 17 heavy (non-hydrogen) atoms. The molecule has 0 spiro atoms. The van der Waals surface area contributed by atoms with Gasteiger partial charge >= 0.3 is 5.97 Å². The van der Waals surface area contributed by atoms with Crippen LogP contribution in [0.25, 0.3) is 10.1 Å². The van der Waals surface area contributed by atoms with Crippen LogP contribution >= 0.6 is 35.3 Å². The van der Waals surface area contributed by atoms with Crippen molar-refractivity contribution in [3.63, 3.8) is 0 Å². The van der Waals surface area contributed by atoms with E-state index in [0.717, 1.165) is 4.70 Å². The molecule has 0 bridgehead atoms. The fourth-order valence-electron chi connectivity index (χ4n) is 1.49. The summed E-state index contributed by atoms with van der Waals surface area (Å²) in [5, 5.41) is 11.7. The number of carbonyl (C=O) groups is 1. The summed E-state index contributed by atoms with van der Waals surface area (Å²) in [6.07, 6.45) is 0. The Morgan fingerprint density at radius 3 is 2.82 bits per heavy atom. The van der Waals surface area contributed by atoms with Crippen LogP contribution in [0.4, 0.5) is 0 Å². The predicted molar refractivity (Wildman–Crippen MR) is 72.2 cm³/mol. The zero-order valence-electron chi connectivity index (χ0n) is 8.90. The number of ether oxygens (including phenoxy) is 1. The van der Waals surface area contributed by atoms with E-state index in [0.29, 0.717) is 17.7 Å². The number of rotatable bonds is 3. The highest BCUT2D eigenvalue weighted by Gasteiger charge is 2.16. The molecule has 1 heterocycles. The maximum absolute atomic E-state index is 10.9. The first-order chi connectivity index (χ1) is 7.65. The van der Waals surface area contributed by atoms with E-state index >= 15 is 0 Å². The highest BCUT2D eigenvalue weighted by atomic mass is 35.5. The molecule has 0 saturated heterocycles. The lowest BCUT2D eigenvalue weighted by Gasteiger charge is -2.04. The number of halogens is 2. The third-order valence-electron chi connectivity index (χ3n) is 2.17. The molecule has 0 aliphatic carbocycles. The van der Waals surface area contributed by atoms with Gasteiger partial charge in [0.05, 0.1) is 22.6 Å². The van der Waals surface area contributed by atoms with E-state index in [1.54, 1.807) is 6.07 Å². The van der Waals surface area contributed by atoms with Crippen LogP contribution in [0.3, 0.4) is 0 Å². The van der Waals surface area contributed by atoms with E-state index in [-0.39, 0.29) is 23.0 Å². The van der Waals surface area contributed by atoms with Gasteiger partial charge in [0.15, 0.2) is 0 Å². The quantitative estimate of drug-likeness (QED) is 0.927. The molecule has 1 N–H and O–H groups in total. The second kappa shape index (κ2) is 5.58. The molecule has 2 rings (SSSR count). The van der Waals surface area contributed by atoms with Crippen molar-refractivity contribution in [3.05, 3.63) is 28.1 Å². The first-order valence-corrected chi connectivity index (χ1v) is 5.96. The number of carboxylic acid groups (broad SMARTS) is 1. The molecule has 0 unspecified atom stereocenters. The van der Waals surface area contributed by atoms with E-state index < -0.39 is 5.97 Å². The molecule has 0 atom stereocenters. The van der Waals surface area contributed by atoms with Crippen LogP contribution in [0.5, 0.6) is 5.75 Å². The monoisotopic (exact) mass is 292 g/mol. The van der Waals surface area contributed by atoms with Crippen molar-refractivity contribution in [3.8, 4) is 5.75 Å². The van der Waals surface area contributed by atoms with Crippen molar-refractivity contribution < 1.29 is 14.6 Å². The summed E-state index contributed by atoms with van der Waals surface area (Å²) < 4.78 is 6.34. The van der Waals surface area contributed by atoms with Crippen molar-refractivity contribution in [1.29, 1.82) is 0 Å². The topological polar surface area (TPSA) is 46.5 Å². The van der Waals surface area contributed by atoms with Crippen molar-refractivity contribution >= 4 is 51.4 Å². The van der Waals surface area contributed by atoms with E-state index in [9.17, 15) is 4.79 Å². The van der Waals surface area contributed by atoms with Gasteiger partial charge < -0.3 is 9.84 Å². The second-order valence-corrected chi connectivity index (χ2v) is 4.43. The largest absolute Gasteiger partial charge is 0.492 e. The summed E-state index contributed by atoms with van der Waals surface area (Å²) in [4.78, 5) is 10.9. The van der Waals surface area contributed by atoms with Crippen molar-refractivity contribution in [2.45, 2.75) is 6.92 Å². The molecule has 0 amide bonds. The normalized spacial score (nSPS) is 10.0. The van der Waals surface area contributed by atoms with E-state index in [1.165, 1.54) is 17.4 Å². The summed E-state index contributed by atoms with van der Waals surface area (Å²) in [6.45, 7) is 2.40. The molecule has 92 valence electrons. The minimum absolute atomic E-state index is 0. The van der Waals surface area contributed by atoms with Crippen LogP contribution in [0.1, 0.15) is 17.3 Å². The standard InChI is InChI=1S/C11H9ClO3S.ClH/c1-2-15-7-5-16-8-4-3-6(11(13)14)10(12)9(7)8;/h3-5H,2H2,1H3,(H,13,14);1H. The lowest BCUT2D eigenvalue weighted by atomic mass is 10.1. The number of thiophene rings is 1. The van der Waals surface area contributed by atoms with Gasteiger partial charge in [0.2, 0.25) is 0 Å². The van der Waals surface area contributed by atoms with Gasteiger partial charge in [0, 0.05) is 10.1 Å². The van der Waals surface area contributed by atoms with Gasteiger partial charge in [-0.1, -0.05) is 11.6 Å². The Morgan fingerprint density at radius 2 is 2.24 bits per heavy atom. The number of hydrogen-bond donors (Lipinski definition) is 1. The first kappa shape index (κ1) is 14.1. The smallest absolute Gasteiger partial charge is 0.337 e. The minimum atomic E-state index is -1.03. The Bertz CT molecular complexity index is 551. The average molecular weight is 293 g/mol. The second-order valence-electron chi connectivity index (χ2n) is 3.14. The first-order valence-electron chi connectivity index (χ1n) is 4.71.